The fourth-order valence-corrected chi connectivity index (χ4v) is 3.47. The van der Waals surface area contributed by atoms with Crippen molar-refractivity contribution in [1.29, 1.82) is 0 Å². The second kappa shape index (κ2) is 7.99. The van der Waals surface area contributed by atoms with Crippen LogP contribution in [0.1, 0.15) is 20.3 Å². The van der Waals surface area contributed by atoms with Gasteiger partial charge in [-0.2, -0.15) is 5.10 Å². The summed E-state index contributed by atoms with van der Waals surface area (Å²) >= 11 is 0. The topological polar surface area (TPSA) is 90.5 Å². The van der Waals surface area contributed by atoms with Gasteiger partial charge in [-0.05, 0) is 24.5 Å². The normalized spacial score (nSPS) is 13.4. The molecule has 0 radical (unpaired) electrons. The molecule has 2 rings (SSSR count). The summed E-state index contributed by atoms with van der Waals surface area (Å²) in [6, 6.07) is 7.26. The Balaban J connectivity index is 2.20. The Morgan fingerprint density at radius 2 is 2.00 bits per heavy atom. The van der Waals surface area contributed by atoms with Gasteiger partial charge in [-0.15, -0.1) is 0 Å². The van der Waals surface area contributed by atoms with Crippen molar-refractivity contribution in [3.05, 3.63) is 36.7 Å². The first-order chi connectivity index (χ1) is 11.8. The molecule has 1 aromatic heterocycles. The van der Waals surface area contributed by atoms with Gasteiger partial charge < -0.3 is 10.5 Å². The predicted molar refractivity (Wildman–Crippen MR) is 97.4 cm³/mol. The van der Waals surface area contributed by atoms with Gasteiger partial charge in [0.15, 0.2) is 0 Å². The minimum absolute atomic E-state index is 0.0334. The van der Waals surface area contributed by atoms with Crippen LogP contribution >= 0.6 is 0 Å². The Kier molecular flexibility index (Phi) is 6.21. The summed E-state index contributed by atoms with van der Waals surface area (Å²) in [7, 11) is -0.494. The van der Waals surface area contributed by atoms with Gasteiger partial charge in [0.05, 0.1) is 19.5 Å². The number of rotatable bonds is 8. The Morgan fingerprint density at radius 1 is 1.32 bits per heavy atom. The van der Waals surface area contributed by atoms with E-state index in [0.29, 0.717) is 30.3 Å². The van der Waals surface area contributed by atoms with Crippen LogP contribution in [0.15, 0.2) is 41.6 Å². The molecule has 2 N–H and O–H groups in total. The Morgan fingerprint density at radius 3 is 2.64 bits per heavy atom. The molecule has 25 heavy (non-hydrogen) atoms. The molecule has 0 bridgehead atoms. The molecule has 0 saturated heterocycles. The first kappa shape index (κ1) is 19.4. The second-order valence-corrected chi connectivity index (χ2v) is 8.36. The van der Waals surface area contributed by atoms with Crippen LogP contribution in [-0.4, -0.2) is 49.2 Å². The van der Waals surface area contributed by atoms with Gasteiger partial charge >= 0.3 is 0 Å². The molecule has 2 aromatic rings. The van der Waals surface area contributed by atoms with Crippen LogP contribution in [0.4, 0.5) is 0 Å². The van der Waals surface area contributed by atoms with Gasteiger partial charge in [-0.3, -0.25) is 0 Å². The molecule has 138 valence electrons. The highest BCUT2D eigenvalue weighted by molar-refractivity contribution is 7.89. The summed E-state index contributed by atoms with van der Waals surface area (Å²) < 4.78 is 33.5. The van der Waals surface area contributed by atoms with E-state index in [1.54, 1.807) is 20.2 Å². The lowest BCUT2D eigenvalue weighted by Crippen LogP contribution is -2.34. The zero-order valence-electron chi connectivity index (χ0n) is 15.1. The molecule has 0 amide bonds. The maximum absolute atomic E-state index is 12.7. The van der Waals surface area contributed by atoms with Crippen molar-refractivity contribution in [1.82, 2.24) is 14.1 Å². The summed E-state index contributed by atoms with van der Waals surface area (Å²) in [5, 5.41) is 4.17. The quantitative estimate of drug-likeness (QED) is 0.770. The highest BCUT2D eigenvalue weighted by atomic mass is 32.2. The summed E-state index contributed by atoms with van der Waals surface area (Å²) in [4.78, 5) is 0.138. The van der Waals surface area contributed by atoms with Gasteiger partial charge in [0.2, 0.25) is 10.0 Å². The number of nitrogens with two attached hydrogens (primary N) is 1. The molecule has 1 aromatic carbocycles. The maximum atomic E-state index is 12.7. The molecule has 0 saturated carbocycles. The van der Waals surface area contributed by atoms with Crippen LogP contribution in [0.25, 0.3) is 5.69 Å². The number of sulfonamides is 1. The fraction of sp³-hybridized carbons (Fsp3) is 0.471. The van der Waals surface area contributed by atoms with Crippen LogP contribution in [0.3, 0.4) is 0 Å². The highest BCUT2D eigenvalue weighted by Crippen LogP contribution is 2.23. The molecule has 1 heterocycles. The minimum atomic E-state index is -3.61. The Bertz CT molecular complexity index is 802. The maximum Gasteiger partial charge on any atom is 0.245 e. The van der Waals surface area contributed by atoms with Crippen molar-refractivity contribution < 1.29 is 13.2 Å². The van der Waals surface area contributed by atoms with Gasteiger partial charge in [0.1, 0.15) is 16.3 Å². The second-order valence-electron chi connectivity index (χ2n) is 6.32. The molecular formula is C17H26N4O3S. The molecular weight excluding hydrogens is 340 g/mol. The van der Waals surface area contributed by atoms with Crippen LogP contribution in [0.2, 0.25) is 0 Å². The van der Waals surface area contributed by atoms with Crippen LogP contribution < -0.4 is 10.5 Å². The van der Waals surface area contributed by atoms with E-state index in [1.807, 2.05) is 32.0 Å². The standard InChI is InChI=1S/C17H26N4O3S/c1-13(2)15(18)9-10-20(3)25(22,23)14-11-19-21(12-14)16-7-5-6-8-17(16)24-4/h5-8,11-13,15H,9-10,18H2,1-4H3. The van der Waals surface area contributed by atoms with E-state index in [2.05, 4.69) is 5.10 Å². The summed E-state index contributed by atoms with van der Waals surface area (Å²) in [5.74, 6) is 0.926. The zero-order chi connectivity index (χ0) is 18.6. The Labute approximate surface area is 149 Å². The SMILES string of the molecule is COc1ccccc1-n1cc(S(=O)(=O)N(C)CCC(N)C(C)C)cn1. The lowest BCUT2D eigenvalue weighted by Gasteiger charge is -2.20. The van der Waals surface area contributed by atoms with Crippen LogP contribution in [-0.2, 0) is 10.0 Å². The molecule has 7 nitrogen and oxygen atoms in total. The van der Waals surface area contributed by atoms with Crippen molar-refractivity contribution in [2.75, 3.05) is 20.7 Å². The van der Waals surface area contributed by atoms with E-state index >= 15 is 0 Å². The first-order valence-electron chi connectivity index (χ1n) is 8.17. The van der Waals surface area contributed by atoms with Crippen molar-refractivity contribution in [3.8, 4) is 11.4 Å². The van der Waals surface area contributed by atoms with E-state index in [9.17, 15) is 8.42 Å². The number of ether oxygens (including phenoxy) is 1. The molecule has 0 fully saturated rings. The average Bonchev–Trinajstić information content (AvgIpc) is 3.09. The number of hydrogen-bond donors (Lipinski definition) is 1. The van der Waals surface area contributed by atoms with Gasteiger partial charge in [0, 0.05) is 19.6 Å². The summed E-state index contributed by atoms with van der Waals surface area (Å²) in [6.07, 6.45) is 3.45. The van der Waals surface area contributed by atoms with Crippen LogP contribution in [0, 0.1) is 5.92 Å². The smallest absolute Gasteiger partial charge is 0.245 e. The number of hydrogen-bond acceptors (Lipinski definition) is 5. The third kappa shape index (κ3) is 4.39. The summed E-state index contributed by atoms with van der Waals surface area (Å²) in [6.45, 7) is 4.41. The molecule has 0 aliphatic heterocycles. The molecule has 0 aliphatic rings. The number of nitrogens with zero attached hydrogens (tertiary/aromatic N) is 3. The van der Waals surface area contributed by atoms with Gasteiger partial charge in [-0.25, -0.2) is 17.4 Å². The lowest BCUT2D eigenvalue weighted by atomic mass is 10.0. The largest absolute Gasteiger partial charge is 0.494 e. The third-order valence-electron chi connectivity index (χ3n) is 4.23. The number of benzene rings is 1. The van der Waals surface area contributed by atoms with E-state index in [4.69, 9.17) is 10.5 Å². The van der Waals surface area contributed by atoms with Crippen molar-refractivity contribution in [3.63, 3.8) is 0 Å². The number of methoxy groups -OCH3 is 1. The molecule has 1 unspecified atom stereocenters. The van der Waals surface area contributed by atoms with E-state index in [1.165, 1.54) is 21.4 Å². The van der Waals surface area contributed by atoms with E-state index < -0.39 is 10.0 Å². The van der Waals surface area contributed by atoms with Crippen molar-refractivity contribution in [2.45, 2.75) is 31.2 Å². The van der Waals surface area contributed by atoms with Crippen LogP contribution in [0.5, 0.6) is 5.75 Å². The van der Waals surface area contributed by atoms with Crippen molar-refractivity contribution >= 4 is 10.0 Å². The number of para-hydroxylation sites is 2. The van der Waals surface area contributed by atoms with Gasteiger partial charge in [0.25, 0.3) is 0 Å². The molecule has 8 heteroatoms. The van der Waals surface area contributed by atoms with E-state index in [-0.39, 0.29) is 10.9 Å². The first-order valence-corrected chi connectivity index (χ1v) is 9.61. The fourth-order valence-electron chi connectivity index (χ4n) is 2.35. The monoisotopic (exact) mass is 366 g/mol. The molecule has 0 aliphatic carbocycles. The molecule has 0 spiro atoms. The summed E-state index contributed by atoms with van der Waals surface area (Å²) in [5.41, 5.74) is 6.68. The Hall–Kier alpha value is -1.90. The van der Waals surface area contributed by atoms with E-state index in [0.717, 1.165) is 0 Å². The predicted octanol–water partition coefficient (Wildman–Crippen LogP) is 1.87. The zero-order valence-corrected chi connectivity index (χ0v) is 15.9. The highest BCUT2D eigenvalue weighted by Gasteiger charge is 2.24. The minimum Gasteiger partial charge on any atom is -0.494 e. The lowest BCUT2D eigenvalue weighted by molar-refractivity contribution is 0.397. The van der Waals surface area contributed by atoms with Crippen molar-refractivity contribution in [2.24, 2.45) is 11.7 Å². The number of aromatic nitrogens is 2. The third-order valence-corrected chi connectivity index (χ3v) is 6.04. The molecule has 1 atom stereocenters. The van der Waals surface area contributed by atoms with Gasteiger partial charge in [-0.1, -0.05) is 26.0 Å². The average molecular weight is 366 g/mol.